The van der Waals surface area contributed by atoms with E-state index in [1.165, 1.54) is 33.3 Å². The van der Waals surface area contributed by atoms with Gasteiger partial charge in [-0.25, -0.2) is 19.6 Å². The number of pyridine rings is 1. The Kier molecular flexibility index (Phi) is 20.2. The molecule has 4 saturated carbocycles. The minimum absolute atomic E-state index is 0.0195. The number of Topliss-reactive ketones (excluding diaryl/α,β-unsaturated/α-hetero) is 2. The summed E-state index contributed by atoms with van der Waals surface area (Å²) in [6.45, 7) is 13.8. The third-order valence-corrected chi connectivity index (χ3v) is 21.0. The van der Waals surface area contributed by atoms with E-state index in [9.17, 15) is 53.4 Å². The van der Waals surface area contributed by atoms with Crippen molar-refractivity contribution in [3.8, 4) is 11.1 Å². The lowest BCUT2D eigenvalue weighted by atomic mass is 9.39. The van der Waals surface area contributed by atoms with Crippen molar-refractivity contribution in [2.45, 2.75) is 163 Å². The number of ether oxygens (including phenoxy) is 2. The minimum Gasteiger partial charge on any atom is -0.481 e. The Morgan fingerprint density at radius 3 is 2.22 bits per heavy atom. The zero-order valence-corrected chi connectivity index (χ0v) is 56.3. The summed E-state index contributed by atoms with van der Waals surface area (Å²) < 4.78 is 15.8. The number of hydrogen-bond acceptors (Lipinski definition) is 16. The Morgan fingerprint density at radius 2 is 1.51 bits per heavy atom. The number of hydrogen-bond donors (Lipinski definition) is 4. The van der Waals surface area contributed by atoms with Gasteiger partial charge in [0.05, 0.1) is 41.1 Å². The van der Waals surface area contributed by atoms with E-state index in [1.807, 2.05) is 72.8 Å². The number of aromatic carboxylic acids is 1. The molecule has 6 aromatic rings. The molecule has 0 radical (unpaired) electrons. The average Bonchev–Trinajstić information content (AvgIpc) is 0.921. The second-order valence-corrected chi connectivity index (χ2v) is 29.4. The van der Waals surface area contributed by atoms with Crippen LogP contribution in [0.15, 0.2) is 97.2 Å². The summed E-state index contributed by atoms with van der Waals surface area (Å²) in [5, 5.41) is 31.7. The van der Waals surface area contributed by atoms with Crippen molar-refractivity contribution in [1.29, 1.82) is 0 Å². The first kappa shape index (κ1) is 68.4. The van der Waals surface area contributed by atoms with Crippen LogP contribution in [-0.4, -0.2) is 137 Å². The summed E-state index contributed by atoms with van der Waals surface area (Å²) >= 11 is 1.41. The monoisotopic (exact) mass is 1330 g/mol. The summed E-state index contributed by atoms with van der Waals surface area (Å²) in [6, 6.07) is 23.2. The number of unbranched alkanes of at least 4 members (excludes halogenated alkanes) is 2. The van der Waals surface area contributed by atoms with Crippen LogP contribution in [0.5, 0.6) is 0 Å². The number of anilines is 2. The zero-order chi connectivity index (χ0) is 68.3. The average molecular weight is 1330 g/mol. The molecule has 96 heavy (non-hydrogen) atoms. The fourth-order valence-corrected chi connectivity index (χ4v) is 17.3. The summed E-state index contributed by atoms with van der Waals surface area (Å²) in [5.74, 6) is -4.15. The van der Waals surface area contributed by atoms with Crippen LogP contribution in [-0.2, 0) is 70.8 Å². The van der Waals surface area contributed by atoms with Gasteiger partial charge in [-0.1, -0.05) is 94.0 Å². The van der Waals surface area contributed by atoms with Crippen molar-refractivity contribution in [2.24, 2.45) is 28.1 Å². The molecule has 12 rings (SSSR count). The van der Waals surface area contributed by atoms with Gasteiger partial charge >= 0.3 is 18.0 Å². The number of thiazole rings is 1. The third kappa shape index (κ3) is 15.6. The van der Waals surface area contributed by atoms with Gasteiger partial charge in [-0.05, 0) is 146 Å². The smallest absolute Gasteiger partial charge is 0.410 e. The van der Waals surface area contributed by atoms with E-state index in [-0.39, 0.29) is 115 Å². The Bertz CT molecular complexity index is 3970. The van der Waals surface area contributed by atoms with Crippen molar-refractivity contribution in [1.82, 2.24) is 34.9 Å². The maximum absolute atomic E-state index is 13.8. The highest BCUT2D eigenvalue weighted by Gasteiger charge is 2.66. The fourth-order valence-electron chi connectivity index (χ4n) is 16.5. The van der Waals surface area contributed by atoms with Crippen LogP contribution in [0.3, 0.4) is 0 Å². The van der Waals surface area contributed by atoms with Crippen molar-refractivity contribution < 1.29 is 62.8 Å². The number of para-hydroxylation sites is 1. The molecule has 506 valence electrons. The van der Waals surface area contributed by atoms with Crippen LogP contribution in [0.25, 0.3) is 21.3 Å². The number of imide groups is 1. The summed E-state index contributed by atoms with van der Waals surface area (Å²) in [5.41, 5.74) is 5.54. The first-order chi connectivity index (χ1) is 45.8. The number of benzene rings is 3. The summed E-state index contributed by atoms with van der Waals surface area (Å²) in [6.07, 6.45) is 11.3. The van der Waals surface area contributed by atoms with Gasteiger partial charge in [-0.15, -0.1) is 0 Å². The van der Waals surface area contributed by atoms with Crippen LogP contribution < -0.4 is 15.5 Å². The van der Waals surface area contributed by atoms with Gasteiger partial charge < -0.3 is 34.8 Å². The van der Waals surface area contributed by atoms with Crippen LogP contribution >= 0.6 is 11.3 Å². The number of aliphatic carboxylic acids is 1. The second kappa shape index (κ2) is 28.4. The number of aromatic nitrogens is 4. The SMILES string of the molecule is Cc1c(-c2ccc(N3CCc4cccc(C(=O)Nc5nc6ccccc6s5)c4C3)nc2C(=O)O)cnn1CC12CC3(C)CC(C)(C1)CC(OCCN(CCC(=O)O)C(=O)OCc1ccc(CC(=O)[C@H](C)NC(=O)[C@@H](CC(=O)CCCCCN4C(=O)C=CC4=O)C(C)C)cc1)(C3)C2. The van der Waals surface area contributed by atoms with Crippen LogP contribution in [0.2, 0.25) is 0 Å². The molecule has 2 unspecified atom stereocenters. The number of carbonyl (C=O) groups excluding carboxylic acids is 7. The zero-order valence-electron chi connectivity index (χ0n) is 55.4. The summed E-state index contributed by atoms with van der Waals surface area (Å²) in [4.78, 5) is 130. The second-order valence-electron chi connectivity index (χ2n) is 28.4. The highest BCUT2D eigenvalue weighted by atomic mass is 32.1. The number of nitrogens with zero attached hydrogens (tertiary/aromatic N) is 7. The van der Waals surface area contributed by atoms with Gasteiger partial charge in [0, 0.05) is 99.0 Å². The lowest BCUT2D eigenvalue weighted by molar-refractivity contribution is -0.248. The molecule has 4 N–H and O–H groups in total. The lowest BCUT2D eigenvalue weighted by Crippen LogP contribution is -2.64. The van der Waals surface area contributed by atoms with Gasteiger partial charge in [0.15, 0.2) is 16.6 Å². The molecule has 5 amide bonds. The first-order valence-electron chi connectivity index (χ1n) is 33.3. The molecule has 5 heterocycles. The van der Waals surface area contributed by atoms with E-state index in [4.69, 9.17) is 19.6 Å². The highest BCUT2D eigenvalue weighted by Crippen LogP contribution is 2.72. The lowest BCUT2D eigenvalue weighted by Gasteiger charge is -2.69. The van der Waals surface area contributed by atoms with Crippen molar-refractivity contribution in [3.63, 3.8) is 0 Å². The number of carbonyl (C=O) groups is 9. The predicted octanol–water partition coefficient (Wildman–Crippen LogP) is 11.0. The molecular weight excluding hydrogens is 1240 g/mol. The van der Waals surface area contributed by atoms with E-state index in [2.05, 4.69) is 29.5 Å². The van der Waals surface area contributed by atoms with Crippen molar-refractivity contribution in [2.75, 3.05) is 43.0 Å². The molecule has 23 heteroatoms. The quantitative estimate of drug-likeness (QED) is 0.0241. The Balaban J connectivity index is 0.676. The molecule has 4 atom stereocenters. The van der Waals surface area contributed by atoms with Gasteiger partial charge in [-0.2, -0.15) is 5.10 Å². The molecule has 0 saturated heterocycles. The largest absolute Gasteiger partial charge is 0.481 e. The standard InChI is InChI=1S/C73H85N9O13S/c1-45(2)54(34-51(83)14-8-7-11-28-81-61(85)24-25-62(81)86)66(90)75-46(3)58(84)33-48-18-20-49(21-19-48)37-94-69(93)79(30-27-63(87)88)31-32-95-73-41-70(5)38-71(6,42-73)40-72(39-70,43-73)44-82-47(4)55(35-74-82)52-22-23-60(77-64(52)67(91)92)80-29-26-50-13-12-15-53(56(50)36-80)65(89)78-68-76-57-16-9-10-17-59(57)96-68/h9-10,12-13,15-25,35,45-46,54H,7-8,11,14,26-34,36-44H2,1-6H3,(H,75,90)(H,87,88)(H,91,92)(H,76,78,89)/t46-,54-,70?,71?,72?,73?/m0/s1. The molecule has 4 bridgehead atoms. The van der Waals surface area contributed by atoms with Crippen molar-refractivity contribution in [3.05, 3.63) is 136 Å². The molecular formula is C73H85N9O13S. The number of rotatable bonds is 30. The topological polar surface area (TPSA) is 290 Å². The van der Waals surface area contributed by atoms with Crippen molar-refractivity contribution >= 4 is 85.7 Å². The van der Waals surface area contributed by atoms with Crippen LogP contribution in [0.4, 0.5) is 15.7 Å². The third-order valence-electron chi connectivity index (χ3n) is 20.0. The molecule has 3 aromatic heterocycles. The Morgan fingerprint density at radius 1 is 0.781 bits per heavy atom. The van der Waals surface area contributed by atoms with Gasteiger partial charge in [0.1, 0.15) is 18.2 Å². The molecule has 4 fully saturated rings. The molecule has 3 aromatic carbocycles. The van der Waals surface area contributed by atoms with Gasteiger partial charge in [0.2, 0.25) is 5.91 Å². The highest BCUT2D eigenvalue weighted by molar-refractivity contribution is 7.22. The predicted molar refractivity (Wildman–Crippen MR) is 360 cm³/mol. The van der Waals surface area contributed by atoms with E-state index in [0.29, 0.717) is 90.6 Å². The number of carboxylic acids is 2. The van der Waals surface area contributed by atoms with Gasteiger partial charge in [0.25, 0.3) is 17.7 Å². The maximum atomic E-state index is 13.8. The fraction of sp³-hybridized carbons (Fsp3) is 0.479. The van der Waals surface area contributed by atoms with Gasteiger partial charge in [-0.3, -0.25) is 48.5 Å². The number of carboxylic acid groups (broad SMARTS) is 2. The molecule has 4 aliphatic carbocycles. The van der Waals surface area contributed by atoms with E-state index in [1.54, 1.807) is 49.5 Å². The number of amides is 5. The van der Waals surface area contributed by atoms with E-state index >= 15 is 0 Å². The molecule has 6 aliphatic rings. The van der Waals surface area contributed by atoms with Crippen LogP contribution in [0.1, 0.15) is 160 Å². The van der Waals surface area contributed by atoms with E-state index in [0.717, 1.165) is 65.6 Å². The molecule has 22 nitrogen and oxygen atoms in total. The first-order valence-corrected chi connectivity index (χ1v) is 34.1. The molecule has 0 spiro atoms. The maximum Gasteiger partial charge on any atom is 0.410 e. The number of fused-ring (bicyclic) bond motifs is 2. The molecule has 2 aliphatic heterocycles. The normalized spacial score (nSPS) is 21.5. The summed E-state index contributed by atoms with van der Waals surface area (Å²) in [7, 11) is 0. The van der Waals surface area contributed by atoms with Crippen LogP contribution in [0, 0.1) is 35.0 Å². The number of ketones is 2. The Hall–Kier alpha value is -8.96. The van der Waals surface area contributed by atoms with E-state index < -0.39 is 35.6 Å². The Labute approximate surface area is 562 Å². The number of nitrogens with one attached hydrogen (secondary N) is 2. The minimum atomic E-state index is -1.17.